The van der Waals surface area contributed by atoms with Crippen LogP contribution in [0.3, 0.4) is 0 Å². The van der Waals surface area contributed by atoms with Crippen molar-refractivity contribution >= 4 is 23.0 Å². The van der Waals surface area contributed by atoms with E-state index in [-0.39, 0.29) is 6.04 Å². The molecular formula is C24H30ClN5. The average Bonchev–Trinajstić information content (AvgIpc) is 2.95. The summed E-state index contributed by atoms with van der Waals surface area (Å²) in [6.45, 7) is 5.35. The van der Waals surface area contributed by atoms with E-state index in [1.54, 1.807) is 0 Å². The third kappa shape index (κ3) is 3.66. The number of piperidine rings is 1. The third-order valence-corrected chi connectivity index (χ3v) is 6.89. The molecule has 158 valence electrons. The summed E-state index contributed by atoms with van der Waals surface area (Å²) < 4.78 is 0. The van der Waals surface area contributed by atoms with E-state index in [2.05, 4.69) is 70.5 Å². The molecule has 5 nitrogen and oxygen atoms in total. The highest BCUT2D eigenvalue weighted by Crippen LogP contribution is 2.40. The van der Waals surface area contributed by atoms with Gasteiger partial charge in [0.25, 0.3) is 0 Å². The number of hydrazine groups is 2. The lowest BCUT2D eigenvalue weighted by molar-refractivity contribution is 0.0447. The SMILES string of the molecule is CC1=C2c3ccc(C4CCNCC4)cc3C(Nc3ccc(Cl)cc3)CCN2N(C)N1. The molecule has 0 aromatic heterocycles. The lowest BCUT2D eigenvalue weighted by Gasteiger charge is -2.27. The Bertz CT molecular complexity index is 949. The summed E-state index contributed by atoms with van der Waals surface area (Å²) in [6, 6.07) is 15.5. The standard InChI is InChI=1S/C24H30ClN5/c1-16-24-21-8-3-18(17-9-12-26-13-10-17)15-22(21)23(11-14-30(24)29(2)28-16)27-20-6-4-19(25)5-7-20/h3-8,15,17,23,26-28H,9-14H2,1-2H3. The van der Waals surface area contributed by atoms with Gasteiger partial charge < -0.3 is 16.1 Å². The summed E-state index contributed by atoms with van der Waals surface area (Å²) in [5.41, 5.74) is 11.3. The molecule has 2 aromatic rings. The van der Waals surface area contributed by atoms with Gasteiger partial charge in [0.15, 0.2) is 0 Å². The number of fused-ring (bicyclic) bond motifs is 3. The Balaban J connectivity index is 1.56. The third-order valence-electron chi connectivity index (χ3n) is 6.64. The van der Waals surface area contributed by atoms with Gasteiger partial charge in [-0.15, -0.1) is 5.12 Å². The molecule has 0 radical (unpaired) electrons. The van der Waals surface area contributed by atoms with Crippen molar-refractivity contribution in [1.29, 1.82) is 0 Å². The van der Waals surface area contributed by atoms with Crippen LogP contribution in [0.5, 0.6) is 0 Å². The average molecular weight is 424 g/mol. The van der Waals surface area contributed by atoms with Crippen molar-refractivity contribution in [2.75, 3.05) is 32.0 Å². The monoisotopic (exact) mass is 423 g/mol. The Morgan fingerprint density at radius 3 is 2.57 bits per heavy atom. The molecule has 2 aromatic carbocycles. The van der Waals surface area contributed by atoms with Gasteiger partial charge in [0.1, 0.15) is 0 Å². The number of anilines is 1. The van der Waals surface area contributed by atoms with E-state index in [0.717, 1.165) is 36.8 Å². The number of nitrogens with one attached hydrogen (secondary N) is 3. The molecule has 0 bridgehead atoms. The maximum atomic E-state index is 6.11. The maximum Gasteiger partial charge on any atom is 0.0816 e. The zero-order chi connectivity index (χ0) is 20.7. The van der Waals surface area contributed by atoms with Crippen LogP contribution < -0.4 is 16.1 Å². The molecule has 0 spiro atoms. The molecule has 6 heteroatoms. The number of nitrogens with zero attached hydrogens (tertiary/aromatic N) is 2. The first-order valence-electron chi connectivity index (χ1n) is 11.0. The number of allylic oxidation sites excluding steroid dienone is 1. The van der Waals surface area contributed by atoms with Crippen molar-refractivity contribution < 1.29 is 0 Å². The van der Waals surface area contributed by atoms with Crippen molar-refractivity contribution in [3.05, 3.63) is 69.9 Å². The molecule has 1 saturated heterocycles. The summed E-state index contributed by atoms with van der Waals surface area (Å²) in [4.78, 5) is 0. The Labute approximate surface area is 184 Å². The van der Waals surface area contributed by atoms with Crippen LogP contribution in [-0.2, 0) is 0 Å². The van der Waals surface area contributed by atoms with Gasteiger partial charge in [0.05, 0.1) is 17.4 Å². The first kappa shape index (κ1) is 19.7. The molecule has 3 N–H and O–H groups in total. The van der Waals surface area contributed by atoms with Gasteiger partial charge in [-0.1, -0.05) is 29.8 Å². The van der Waals surface area contributed by atoms with Gasteiger partial charge in [-0.3, -0.25) is 5.01 Å². The molecule has 0 aliphatic carbocycles. The fourth-order valence-corrected chi connectivity index (χ4v) is 5.23. The Morgan fingerprint density at radius 2 is 1.80 bits per heavy atom. The molecule has 0 amide bonds. The van der Waals surface area contributed by atoms with Crippen LogP contribution in [0.25, 0.3) is 5.70 Å². The van der Waals surface area contributed by atoms with E-state index in [4.69, 9.17) is 11.6 Å². The summed E-state index contributed by atoms with van der Waals surface area (Å²) in [5.74, 6) is 0.645. The van der Waals surface area contributed by atoms with Gasteiger partial charge in [-0.25, -0.2) is 0 Å². The molecule has 1 atom stereocenters. The fourth-order valence-electron chi connectivity index (χ4n) is 5.10. The minimum Gasteiger partial charge on any atom is -0.378 e. The summed E-state index contributed by atoms with van der Waals surface area (Å²) in [6.07, 6.45) is 3.45. The van der Waals surface area contributed by atoms with E-state index < -0.39 is 0 Å². The van der Waals surface area contributed by atoms with E-state index in [0.29, 0.717) is 5.92 Å². The van der Waals surface area contributed by atoms with Gasteiger partial charge in [-0.2, -0.15) is 0 Å². The van der Waals surface area contributed by atoms with Crippen LogP contribution in [0.1, 0.15) is 54.8 Å². The van der Waals surface area contributed by atoms with Crippen LogP contribution in [0.2, 0.25) is 5.02 Å². The van der Waals surface area contributed by atoms with Crippen molar-refractivity contribution in [1.82, 2.24) is 20.9 Å². The van der Waals surface area contributed by atoms with Crippen molar-refractivity contribution in [3.63, 3.8) is 0 Å². The van der Waals surface area contributed by atoms with Crippen LogP contribution in [0.15, 0.2) is 48.2 Å². The molecule has 3 heterocycles. The zero-order valence-electron chi connectivity index (χ0n) is 17.7. The van der Waals surface area contributed by atoms with Gasteiger partial charge in [0.2, 0.25) is 0 Å². The Morgan fingerprint density at radius 1 is 1.03 bits per heavy atom. The van der Waals surface area contributed by atoms with Crippen molar-refractivity contribution in [3.8, 4) is 0 Å². The first-order chi connectivity index (χ1) is 14.6. The lowest BCUT2D eigenvalue weighted by atomic mass is 9.86. The second-order valence-electron chi connectivity index (χ2n) is 8.60. The second-order valence-corrected chi connectivity index (χ2v) is 9.03. The summed E-state index contributed by atoms with van der Waals surface area (Å²) in [5, 5.41) is 12.5. The highest BCUT2D eigenvalue weighted by molar-refractivity contribution is 6.30. The van der Waals surface area contributed by atoms with Gasteiger partial charge >= 0.3 is 0 Å². The molecule has 3 aliphatic rings. The fraction of sp³-hybridized carbons (Fsp3) is 0.417. The second kappa shape index (κ2) is 8.14. The predicted molar refractivity (Wildman–Crippen MR) is 124 cm³/mol. The summed E-state index contributed by atoms with van der Waals surface area (Å²) >= 11 is 6.11. The highest BCUT2D eigenvalue weighted by Gasteiger charge is 2.33. The molecule has 0 saturated carbocycles. The van der Waals surface area contributed by atoms with Crippen molar-refractivity contribution in [2.24, 2.45) is 0 Å². The molecule has 1 unspecified atom stereocenters. The number of hydrogen-bond acceptors (Lipinski definition) is 5. The quantitative estimate of drug-likeness (QED) is 0.666. The minimum absolute atomic E-state index is 0.252. The Kier molecular flexibility index (Phi) is 5.35. The van der Waals surface area contributed by atoms with Crippen LogP contribution >= 0.6 is 11.6 Å². The normalized spacial score (nSPS) is 22.4. The topological polar surface area (TPSA) is 42.6 Å². The molecule has 1 fully saturated rings. The highest BCUT2D eigenvalue weighted by atomic mass is 35.5. The van der Waals surface area contributed by atoms with Gasteiger partial charge in [0, 0.05) is 29.9 Å². The minimum atomic E-state index is 0.252. The number of rotatable bonds is 3. The van der Waals surface area contributed by atoms with Crippen LogP contribution in [0, 0.1) is 0 Å². The molecular weight excluding hydrogens is 394 g/mol. The zero-order valence-corrected chi connectivity index (χ0v) is 18.5. The number of hydrogen-bond donors (Lipinski definition) is 3. The van der Waals surface area contributed by atoms with E-state index in [1.165, 1.54) is 40.9 Å². The van der Waals surface area contributed by atoms with Crippen LogP contribution in [0.4, 0.5) is 5.69 Å². The van der Waals surface area contributed by atoms with E-state index in [9.17, 15) is 0 Å². The lowest BCUT2D eigenvalue weighted by Crippen LogP contribution is -2.40. The summed E-state index contributed by atoms with van der Waals surface area (Å²) in [7, 11) is 2.09. The number of benzene rings is 2. The van der Waals surface area contributed by atoms with E-state index >= 15 is 0 Å². The number of halogens is 1. The smallest absolute Gasteiger partial charge is 0.0816 e. The largest absolute Gasteiger partial charge is 0.378 e. The first-order valence-corrected chi connectivity index (χ1v) is 11.3. The molecule has 5 rings (SSSR count). The molecule has 30 heavy (non-hydrogen) atoms. The predicted octanol–water partition coefficient (Wildman–Crippen LogP) is 4.72. The molecule has 3 aliphatic heterocycles. The maximum absolute atomic E-state index is 6.11. The van der Waals surface area contributed by atoms with Gasteiger partial charge in [-0.05, 0) is 80.6 Å². The van der Waals surface area contributed by atoms with E-state index in [1.807, 2.05) is 12.1 Å². The Hall–Kier alpha value is -2.21. The van der Waals surface area contributed by atoms with Crippen molar-refractivity contribution in [2.45, 2.75) is 38.1 Å². The van der Waals surface area contributed by atoms with Crippen LogP contribution in [-0.4, -0.2) is 36.8 Å².